The second kappa shape index (κ2) is 9.73. The molecule has 0 aromatic carbocycles. The predicted octanol–water partition coefficient (Wildman–Crippen LogP) is 0.631. The molecule has 3 N–H and O–H groups in total. The number of esters is 1. The maximum absolute atomic E-state index is 12.1. The highest BCUT2D eigenvalue weighted by atomic mass is 16.6. The molecule has 1 aliphatic heterocycles. The van der Waals surface area contributed by atoms with Gasteiger partial charge in [-0.05, 0) is 54.5 Å². The lowest BCUT2D eigenvalue weighted by atomic mass is 9.77. The zero-order chi connectivity index (χ0) is 22.4. The maximum Gasteiger partial charge on any atom is 0.426 e. The van der Waals surface area contributed by atoms with Crippen molar-refractivity contribution < 1.29 is 28.7 Å². The van der Waals surface area contributed by atoms with Gasteiger partial charge in [0.15, 0.2) is 0 Å². The van der Waals surface area contributed by atoms with Crippen molar-refractivity contribution in [2.24, 2.45) is 0 Å². The highest BCUT2D eigenvalue weighted by molar-refractivity contribution is 6.35. The molecule has 0 spiro atoms. The molecule has 1 heterocycles. The lowest BCUT2D eigenvalue weighted by Crippen LogP contribution is -2.63. The normalized spacial score (nSPS) is 18.3. The quantitative estimate of drug-likeness (QED) is 0.199. The number of nitrogens with one attached hydrogen (secondary N) is 3. The van der Waals surface area contributed by atoms with E-state index in [0.717, 1.165) is 0 Å². The first-order valence-electron chi connectivity index (χ1n) is 9.36. The van der Waals surface area contributed by atoms with Crippen LogP contribution in [0.1, 0.15) is 47.5 Å². The van der Waals surface area contributed by atoms with Crippen LogP contribution in [0.5, 0.6) is 0 Å². The van der Waals surface area contributed by atoms with Gasteiger partial charge in [-0.15, -0.1) is 0 Å². The van der Waals surface area contributed by atoms with Crippen LogP contribution in [0.25, 0.3) is 0 Å². The highest BCUT2D eigenvalue weighted by Gasteiger charge is 2.43. The van der Waals surface area contributed by atoms with Crippen molar-refractivity contribution in [2.75, 3.05) is 20.3 Å². The molecular weight excluding hydrogens is 380 g/mol. The Balaban J connectivity index is 2.37. The first-order chi connectivity index (χ1) is 13.3. The van der Waals surface area contributed by atoms with Gasteiger partial charge in [0.25, 0.3) is 0 Å². The van der Waals surface area contributed by atoms with Crippen molar-refractivity contribution in [2.45, 2.75) is 64.6 Å². The van der Waals surface area contributed by atoms with Crippen LogP contribution in [-0.2, 0) is 23.9 Å². The summed E-state index contributed by atoms with van der Waals surface area (Å²) in [5.41, 5.74) is 3.88. The van der Waals surface area contributed by atoms with E-state index < -0.39 is 23.9 Å². The number of rotatable bonds is 5. The van der Waals surface area contributed by atoms with Crippen LogP contribution >= 0.6 is 0 Å². The Bertz CT molecular complexity index is 656. The topological polar surface area (TPSA) is 126 Å². The van der Waals surface area contributed by atoms with Crippen molar-refractivity contribution >= 4 is 23.9 Å². The minimum atomic E-state index is -1.01. The second-order valence-corrected chi connectivity index (χ2v) is 8.39. The van der Waals surface area contributed by atoms with Crippen molar-refractivity contribution in [3.63, 3.8) is 0 Å². The summed E-state index contributed by atoms with van der Waals surface area (Å²) in [6, 6.07) is -0.176. The Morgan fingerprint density at radius 1 is 0.966 bits per heavy atom. The van der Waals surface area contributed by atoms with Gasteiger partial charge in [-0.25, -0.2) is 15.0 Å². The number of hydrazine groups is 1. The summed E-state index contributed by atoms with van der Waals surface area (Å²) in [4.78, 5) is 49.0. The van der Waals surface area contributed by atoms with E-state index >= 15 is 0 Å². The molecule has 0 radical (unpaired) electrons. The van der Waals surface area contributed by atoms with Gasteiger partial charge >= 0.3 is 23.9 Å². The average Bonchev–Trinajstić information content (AvgIpc) is 2.60. The summed E-state index contributed by atoms with van der Waals surface area (Å²) >= 11 is 0. The molecule has 0 bridgehead atoms. The molecule has 0 aromatic heterocycles. The number of hydrogen-bond donors (Lipinski definition) is 3. The molecule has 3 amide bonds. The van der Waals surface area contributed by atoms with E-state index in [4.69, 9.17) is 9.47 Å². The number of hydrogen-bond acceptors (Lipinski definition) is 7. The van der Waals surface area contributed by atoms with Gasteiger partial charge in [-0.1, -0.05) is 6.58 Å². The molecule has 0 unspecified atom stereocenters. The Hall–Kier alpha value is -2.62. The summed E-state index contributed by atoms with van der Waals surface area (Å²) in [5, 5.41) is 2.71. The van der Waals surface area contributed by atoms with Crippen LogP contribution in [0.2, 0.25) is 0 Å². The summed E-state index contributed by atoms with van der Waals surface area (Å²) < 4.78 is 9.45. The van der Waals surface area contributed by atoms with Crippen LogP contribution in [0.4, 0.5) is 4.79 Å². The van der Waals surface area contributed by atoms with E-state index in [0.29, 0.717) is 12.8 Å². The average molecular weight is 412 g/mol. The highest BCUT2D eigenvalue weighted by Crippen LogP contribution is 2.36. The van der Waals surface area contributed by atoms with E-state index in [-0.39, 0.29) is 35.9 Å². The molecule has 10 nitrogen and oxygen atoms in total. The van der Waals surface area contributed by atoms with Crippen LogP contribution in [0.15, 0.2) is 12.2 Å². The molecule has 0 saturated carbocycles. The van der Waals surface area contributed by atoms with Crippen molar-refractivity contribution in [3.05, 3.63) is 12.2 Å². The first-order valence-corrected chi connectivity index (χ1v) is 9.36. The molecule has 1 aliphatic rings. The minimum Gasteiger partial charge on any atom is -0.459 e. The standard InChI is InChI=1S/C19H32N4O6/c1-12(2)16(26)28-8-9-29-17(27)22-21-15(25)14(24)20-13-10-18(3,4)23(7)19(5,6)11-13/h13H,1,8-11H2,2-7H3,(H,20,24)(H,21,25)(H,22,27). The number of amides is 3. The Kier molecular flexibility index (Phi) is 8.19. The van der Waals surface area contributed by atoms with Crippen LogP contribution in [0, 0.1) is 0 Å². The molecular formula is C19H32N4O6. The van der Waals surface area contributed by atoms with Gasteiger partial charge < -0.3 is 14.8 Å². The molecule has 0 aromatic rings. The van der Waals surface area contributed by atoms with E-state index in [1.165, 1.54) is 6.92 Å². The third-order valence-electron chi connectivity index (χ3n) is 5.03. The molecule has 1 fully saturated rings. The Morgan fingerprint density at radius 3 is 2.00 bits per heavy atom. The van der Waals surface area contributed by atoms with Crippen molar-refractivity contribution in [3.8, 4) is 0 Å². The van der Waals surface area contributed by atoms with Crippen molar-refractivity contribution in [1.82, 2.24) is 21.1 Å². The fourth-order valence-electron chi connectivity index (χ4n) is 3.32. The Morgan fingerprint density at radius 2 is 1.48 bits per heavy atom. The first kappa shape index (κ1) is 24.4. The smallest absolute Gasteiger partial charge is 0.426 e. The predicted molar refractivity (Wildman–Crippen MR) is 105 cm³/mol. The van der Waals surface area contributed by atoms with Gasteiger partial charge in [0, 0.05) is 22.7 Å². The molecule has 164 valence electrons. The number of piperidine rings is 1. The molecule has 1 saturated heterocycles. The van der Waals surface area contributed by atoms with Crippen LogP contribution in [0.3, 0.4) is 0 Å². The van der Waals surface area contributed by atoms with Crippen molar-refractivity contribution in [1.29, 1.82) is 0 Å². The maximum atomic E-state index is 12.1. The molecule has 0 aliphatic carbocycles. The third-order valence-corrected chi connectivity index (χ3v) is 5.03. The lowest BCUT2D eigenvalue weighted by Gasteiger charge is -2.53. The molecule has 29 heavy (non-hydrogen) atoms. The van der Waals surface area contributed by atoms with E-state index in [9.17, 15) is 19.2 Å². The van der Waals surface area contributed by atoms with E-state index in [1.807, 2.05) is 17.9 Å². The van der Waals surface area contributed by atoms with Gasteiger partial charge in [0.2, 0.25) is 0 Å². The SMILES string of the molecule is C=C(C)C(=O)OCCOC(=O)NNC(=O)C(=O)NC1CC(C)(C)N(C)C(C)(C)C1. The molecule has 1 rings (SSSR count). The fourth-order valence-corrected chi connectivity index (χ4v) is 3.32. The van der Waals surface area contributed by atoms with Gasteiger partial charge in [0.1, 0.15) is 13.2 Å². The van der Waals surface area contributed by atoms with Gasteiger partial charge in [-0.3, -0.25) is 19.9 Å². The zero-order valence-electron chi connectivity index (χ0n) is 18.0. The van der Waals surface area contributed by atoms with E-state index in [2.05, 4.69) is 44.5 Å². The number of ether oxygens (including phenoxy) is 2. The van der Waals surface area contributed by atoms with Gasteiger partial charge in [0.05, 0.1) is 0 Å². The molecule has 0 atom stereocenters. The largest absolute Gasteiger partial charge is 0.459 e. The fraction of sp³-hybridized carbons (Fsp3) is 0.684. The summed E-state index contributed by atoms with van der Waals surface area (Å²) in [7, 11) is 2.04. The summed E-state index contributed by atoms with van der Waals surface area (Å²) in [6.45, 7) is 12.9. The van der Waals surface area contributed by atoms with Gasteiger partial charge in [-0.2, -0.15) is 0 Å². The van der Waals surface area contributed by atoms with Crippen LogP contribution < -0.4 is 16.2 Å². The number of likely N-dealkylation sites (tertiary alicyclic amines) is 1. The Labute approximate surface area is 171 Å². The minimum absolute atomic E-state index is 0.147. The monoisotopic (exact) mass is 412 g/mol. The lowest BCUT2D eigenvalue weighted by molar-refractivity contribution is -0.141. The number of nitrogens with zero attached hydrogens (tertiary/aromatic N) is 1. The summed E-state index contributed by atoms with van der Waals surface area (Å²) in [6.07, 6.45) is 0.383. The van der Waals surface area contributed by atoms with Crippen LogP contribution in [-0.4, -0.2) is 66.2 Å². The zero-order valence-corrected chi connectivity index (χ0v) is 18.0. The third kappa shape index (κ3) is 7.37. The number of carbonyl (C=O) groups excluding carboxylic acids is 4. The summed E-state index contributed by atoms with van der Waals surface area (Å²) in [5.74, 6) is -2.45. The van der Waals surface area contributed by atoms with E-state index in [1.54, 1.807) is 0 Å². The molecule has 10 heteroatoms. The number of carbonyl (C=O) groups is 4. The second-order valence-electron chi connectivity index (χ2n) is 8.39.